The molecule has 0 aliphatic carbocycles. The molecule has 1 heterocycles. The summed E-state index contributed by atoms with van der Waals surface area (Å²) in [6, 6.07) is 6.79. The molecular formula is C17H22F3N3O2. The van der Waals surface area contributed by atoms with Crippen LogP contribution in [0.1, 0.15) is 30.6 Å². The molecule has 0 aromatic heterocycles. The van der Waals surface area contributed by atoms with Gasteiger partial charge in [-0.1, -0.05) is 13.8 Å². The van der Waals surface area contributed by atoms with E-state index in [1.54, 1.807) is 24.3 Å². The van der Waals surface area contributed by atoms with Crippen molar-refractivity contribution in [2.45, 2.75) is 26.4 Å². The molecule has 1 fully saturated rings. The van der Waals surface area contributed by atoms with Crippen LogP contribution in [0.5, 0.6) is 0 Å². The number of primary amides is 1. The summed E-state index contributed by atoms with van der Waals surface area (Å²) >= 11 is 0. The summed E-state index contributed by atoms with van der Waals surface area (Å²) in [5, 5.41) is 0. The van der Waals surface area contributed by atoms with Crippen LogP contribution in [0.2, 0.25) is 0 Å². The summed E-state index contributed by atoms with van der Waals surface area (Å²) in [6.07, 6.45) is -4.96. The van der Waals surface area contributed by atoms with Crippen molar-refractivity contribution in [3.63, 3.8) is 0 Å². The van der Waals surface area contributed by atoms with Crippen LogP contribution in [0.4, 0.5) is 18.9 Å². The monoisotopic (exact) mass is 357 g/mol. The number of nitrogens with zero attached hydrogens (tertiary/aromatic N) is 2. The maximum absolute atomic E-state index is 12.9. The first-order valence-electron chi connectivity index (χ1n) is 8.00. The van der Waals surface area contributed by atoms with Crippen LogP contribution >= 0.6 is 0 Å². The van der Waals surface area contributed by atoms with Gasteiger partial charge in [0, 0.05) is 43.9 Å². The van der Waals surface area contributed by atoms with Gasteiger partial charge in [0.2, 0.25) is 11.8 Å². The molecule has 1 aromatic rings. The van der Waals surface area contributed by atoms with E-state index in [-0.39, 0.29) is 0 Å². The van der Waals surface area contributed by atoms with Gasteiger partial charge in [-0.05, 0) is 24.3 Å². The molecule has 0 radical (unpaired) electrons. The number of hydrogen-bond acceptors (Lipinski definition) is 3. The molecule has 2 N–H and O–H groups in total. The highest BCUT2D eigenvalue weighted by molar-refractivity contribution is 5.93. The number of benzene rings is 1. The van der Waals surface area contributed by atoms with E-state index in [0.29, 0.717) is 31.7 Å². The number of rotatable bonds is 4. The predicted molar refractivity (Wildman–Crippen MR) is 88.2 cm³/mol. The maximum Gasteiger partial charge on any atom is 0.394 e. The molecule has 0 bridgehead atoms. The van der Waals surface area contributed by atoms with Crippen molar-refractivity contribution >= 4 is 17.5 Å². The van der Waals surface area contributed by atoms with Crippen molar-refractivity contribution in [1.29, 1.82) is 0 Å². The summed E-state index contributed by atoms with van der Waals surface area (Å²) in [4.78, 5) is 26.7. The lowest BCUT2D eigenvalue weighted by molar-refractivity contribution is -0.215. The molecule has 0 saturated carbocycles. The third kappa shape index (κ3) is 4.43. The Hall–Kier alpha value is -2.25. The molecule has 0 atom stereocenters. The Balaban J connectivity index is 1.93. The van der Waals surface area contributed by atoms with Gasteiger partial charge in [-0.3, -0.25) is 9.59 Å². The number of amides is 2. The van der Waals surface area contributed by atoms with Crippen molar-refractivity contribution in [3.8, 4) is 0 Å². The Morgan fingerprint density at radius 2 is 1.56 bits per heavy atom. The normalized spacial score (nSPS) is 16.0. The van der Waals surface area contributed by atoms with Crippen molar-refractivity contribution < 1.29 is 22.8 Å². The van der Waals surface area contributed by atoms with Gasteiger partial charge >= 0.3 is 6.18 Å². The van der Waals surface area contributed by atoms with E-state index in [1.165, 1.54) is 4.90 Å². The summed E-state index contributed by atoms with van der Waals surface area (Å²) in [7, 11) is 0. The highest BCUT2D eigenvalue weighted by Gasteiger charge is 2.48. The van der Waals surface area contributed by atoms with Crippen LogP contribution in [-0.4, -0.2) is 49.1 Å². The van der Waals surface area contributed by atoms with E-state index in [1.807, 2.05) is 4.90 Å². The molecule has 25 heavy (non-hydrogen) atoms. The fraction of sp³-hybridized carbons (Fsp3) is 0.529. The summed E-state index contributed by atoms with van der Waals surface area (Å²) in [6.45, 7) is 3.86. The second kappa shape index (κ2) is 6.93. The minimum atomic E-state index is -4.41. The molecule has 5 nitrogen and oxygen atoms in total. The zero-order valence-corrected chi connectivity index (χ0v) is 14.3. The van der Waals surface area contributed by atoms with Crippen molar-refractivity contribution in [3.05, 3.63) is 29.8 Å². The van der Waals surface area contributed by atoms with Crippen LogP contribution in [0, 0.1) is 5.41 Å². The van der Waals surface area contributed by atoms with E-state index in [9.17, 15) is 22.8 Å². The summed E-state index contributed by atoms with van der Waals surface area (Å²) in [5.74, 6) is -0.986. The zero-order chi connectivity index (χ0) is 18.8. The Morgan fingerprint density at radius 1 is 1.04 bits per heavy atom. The van der Waals surface area contributed by atoms with Crippen LogP contribution in [0.25, 0.3) is 0 Å². The van der Waals surface area contributed by atoms with E-state index in [4.69, 9.17) is 5.73 Å². The number of carbonyl (C=O) groups excluding carboxylic acids is 2. The zero-order valence-electron chi connectivity index (χ0n) is 14.3. The summed E-state index contributed by atoms with van der Waals surface area (Å²) < 4.78 is 38.8. The van der Waals surface area contributed by atoms with Crippen LogP contribution in [-0.2, 0) is 4.79 Å². The van der Waals surface area contributed by atoms with Crippen molar-refractivity contribution in [1.82, 2.24) is 4.90 Å². The third-order valence-corrected chi connectivity index (χ3v) is 4.51. The predicted octanol–water partition coefficient (Wildman–Crippen LogP) is 2.41. The van der Waals surface area contributed by atoms with Crippen LogP contribution in [0.15, 0.2) is 24.3 Å². The molecule has 0 unspecified atom stereocenters. The van der Waals surface area contributed by atoms with Gasteiger partial charge in [0.15, 0.2) is 0 Å². The lowest BCUT2D eigenvalue weighted by Crippen LogP contribution is -2.50. The smallest absolute Gasteiger partial charge is 0.368 e. The number of carbonyl (C=O) groups is 2. The second-order valence-corrected chi connectivity index (χ2v) is 6.84. The van der Waals surface area contributed by atoms with Gasteiger partial charge in [-0.2, -0.15) is 13.2 Å². The number of hydrogen-bond donors (Lipinski definition) is 1. The fourth-order valence-electron chi connectivity index (χ4n) is 2.64. The average molecular weight is 357 g/mol. The number of piperazine rings is 1. The second-order valence-electron chi connectivity index (χ2n) is 6.84. The lowest BCUT2D eigenvalue weighted by atomic mass is 9.88. The Kier molecular flexibility index (Phi) is 5.29. The SMILES string of the molecule is CC(C)(CC(=O)N1CCN(c2ccc(C(N)=O)cc2)CC1)C(F)(F)F. The molecule has 1 aromatic carbocycles. The van der Waals surface area contributed by atoms with E-state index in [0.717, 1.165) is 19.5 Å². The first-order valence-corrected chi connectivity index (χ1v) is 8.00. The third-order valence-electron chi connectivity index (χ3n) is 4.51. The molecule has 1 saturated heterocycles. The van der Waals surface area contributed by atoms with Gasteiger partial charge in [0.05, 0.1) is 5.41 Å². The maximum atomic E-state index is 12.9. The lowest BCUT2D eigenvalue weighted by Gasteiger charge is -2.38. The van der Waals surface area contributed by atoms with Crippen LogP contribution in [0.3, 0.4) is 0 Å². The number of anilines is 1. The standard InChI is InChI=1S/C17H22F3N3O2/c1-16(2,17(18,19)20)11-14(24)23-9-7-22(8-10-23)13-5-3-12(4-6-13)15(21)25/h3-6H,7-11H2,1-2H3,(H2,21,25). The average Bonchev–Trinajstić information content (AvgIpc) is 2.53. The summed E-state index contributed by atoms with van der Waals surface area (Å²) in [5.41, 5.74) is 4.45. The number of halogens is 3. The topological polar surface area (TPSA) is 66.6 Å². The number of alkyl halides is 3. The largest absolute Gasteiger partial charge is 0.394 e. The Bertz CT molecular complexity index is 634. The van der Waals surface area contributed by atoms with E-state index >= 15 is 0 Å². The first-order chi connectivity index (χ1) is 11.5. The molecule has 2 rings (SSSR count). The molecule has 138 valence electrons. The molecular weight excluding hydrogens is 335 g/mol. The van der Waals surface area contributed by atoms with Crippen molar-refractivity contribution in [2.24, 2.45) is 11.1 Å². The number of nitrogens with two attached hydrogens (primary N) is 1. The fourth-order valence-corrected chi connectivity index (χ4v) is 2.64. The van der Waals surface area contributed by atoms with Gasteiger partial charge < -0.3 is 15.5 Å². The Labute approximate surface area is 144 Å². The van der Waals surface area contributed by atoms with E-state index in [2.05, 4.69) is 0 Å². The molecule has 1 aliphatic rings. The Morgan fingerprint density at radius 3 is 2.00 bits per heavy atom. The minimum Gasteiger partial charge on any atom is -0.368 e. The van der Waals surface area contributed by atoms with E-state index < -0.39 is 29.8 Å². The van der Waals surface area contributed by atoms with Crippen molar-refractivity contribution in [2.75, 3.05) is 31.1 Å². The molecule has 1 aliphatic heterocycles. The highest BCUT2D eigenvalue weighted by atomic mass is 19.4. The molecule has 8 heteroatoms. The van der Waals surface area contributed by atoms with Gasteiger partial charge in [0.25, 0.3) is 0 Å². The minimum absolute atomic E-state index is 0.365. The quantitative estimate of drug-likeness (QED) is 0.900. The molecule has 2 amide bonds. The van der Waals surface area contributed by atoms with Gasteiger partial charge in [0.1, 0.15) is 0 Å². The highest BCUT2D eigenvalue weighted by Crippen LogP contribution is 2.40. The van der Waals surface area contributed by atoms with Gasteiger partial charge in [-0.25, -0.2) is 0 Å². The first kappa shape index (κ1) is 19.1. The van der Waals surface area contributed by atoms with Gasteiger partial charge in [-0.15, -0.1) is 0 Å². The van der Waals surface area contributed by atoms with Crippen LogP contribution < -0.4 is 10.6 Å². The molecule has 0 spiro atoms.